The summed E-state index contributed by atoms with van der Waals surface area (Å²) in [6, 6.07) is 9.90. The van der Waals surface area contributed by atoms with E-state index in [2.05, 4.69) is 11.6 Å². The maximum Gasteiger partial charge on any atom is 0.174 e. The van der Waals surface area contributed by atoms with Crippen LogP contribution in [0.25, 0.3) is 0 Å². The molecule has 4 heteroatoms. The Morgan fingerprint density at radius 3 is 2.63 bits per heavy atom. The predicted molar refractivity (Wildman–Crippen MR) is 79.4 cm³/mol. The van der Waals surface area contributed by atoms with E-state index in [0.717, 1.165) is 18.8 Å². The van der Waals surface area contributed by atoms with E-state index in [1.807, 2.05) is 42.1 Å². The minimum atomic E-state index is 0.105. The summed E-state index contributed by atoms with van der Waals surface area (Å²) in [6.07, 6.45) is 6.25. The number of nitriles is 1. The second-order valence-corrected chi connectivity index (χ2v) is 6.21. The van der Waals surface area contributed by atoms with Crippen molar-refractivity contribution in [3.63, 3.8) is 0 Å². The summed E-state index contributed by atoms with van der Waals surface area (Å²) in [5.41, 5.74) is 1.25. The van der Waals surface area contributed by atoms with Crippen LogP contribution in [-0.2, 0) is 6.54 Å². The first kappa shape index (κ1) is 14.2. The van der Waals surface area contributed by atoms with E-state index in [4.69, 9.17) is 10.00 Å². The van der Waals surface area contributed by atoms with Crippen LogP contribution in [0.4, 0.5) is 0 Å². The lowest BCUT2D eigenvalue weighted by atomic mass is 9.84. The van der Waals surface area contributed by atoms with Crippen molar-refractivity contribution in [3.05, 3.63) is 29.8 Å². The normalized spacial score (nSPS) is 16.4. The molecule has 0 heterocycles. The summed E-state index contributed by atoms with van der Waals surface area (Å²) in [6.45, 7) is 2.08. The van der Waals surface area contributed by atoms with Crippen LogP contribution in [0.1, 0.15) is 24.8 Å². The molecule has 1 aliphatic carbocycles. The number of nitrogens with one attached hydrogen (secondary N) is 1. The number of ether oxygens (including phenoxy) is 1. The van der Waals surface area contributed by atoms with Crippen molar-refractivity contribution in [2.45, 2.75) is 30.6 Å². The minimum absolute atomic E-state index is 0.105. The maximum atomic E-state index is 8.44. The lowest BCUT2D eigenvalue weighted by Crippen LogP contribution is -2.43. The Hall–Kier alpha value is -1.18. The summed E-state index contributed by atoms with van der Waals surface area (Å²) >= 11 is 1.99. The quantitative estimate of drug-likeness (QED) is 0.831. The van der Waals surface area contributed by atoms with Gasteiger partial charge >= 0.3 is 0 Å². The molecule has 1 saturated carbocycles. The zero-order chi connectivity index (χ0) is 13.6. The molecule has 102 valence electrons. The SMILES string of the molecule is CSC1(CNCc2ccc(OCC#N)cc2)CCC1. The lowest BCUT2D eigenvalue weighted by molar-refractivity contribution is 0.345. The van der Waals surface area contributed by atoms with Crippen LogP contribution in [0.5, 0.6) is 5.75 Å². The van der Waals surface area contributed by atoms with Crippen molar-refractivity contribution in [2.24, 2.45) is 0 Å². The monoisotopic (exact) mass is 276 g/mol. The van der Waals surface area contributed by atoms with Gasteiger partial charge in [-0.05, 0) is 36.8 Å². The molecule has 0 aliphatic heterocycles. The van der Waals surface area contributed by atoms with Gasteiger partial charge in [0.2, 0.25) is 0 Å². The molecular weight excluding hydrogens is 256 g/mol. The Labute approximate surface area is 119 Å². The van der Waals surface area contributed by atoms with E-state index >= 15 is 0 Å². The van der Waals surface area contributed by atoms with Gasteiger partial charge in [-0.25, -0.2) is 0 Å². The van der Waals surface area contributed by atoms with Gasteiger partial charge in [-0.2, -0.15) is 17.0 Å². The molecule has 0 atom stereocenters. The first-order valence-electron chi connectivity index (χ1n) is 6.63. The van der Waals surface area contributed by atoms with Gasteiger partial charge in [0.1, 0.15) is 11.8 Å². The number of nitrogens with zero attached hydrogens (tertiary/aromatic N) is 1. The van der Waals surface area contributed by atoms with Crippen molar-refractivity contribution < 1.29 is 4.74 Å². The lowest BCUT2D eigenvalue weighted by Gasteiger charge is -2.40. The topological polar surface area (TPSA) is 45.0 Å². The first-order chi connectivity index (χ1) is 9.28. The third-order valence-electron chi connectivity index (χ3n) is 3.70. The fourth-order valence-corrected chi connectivity index (χ4v) is 3.22. The second kappa shape index (κ2) is 6.83. The molecule has 1 aliphatic rings. The van der Waals surface area contributed by atoms with Gasteiger partial charge in [-0.1, -0.05) is 18.6 Å². The maximum absolute atomic E-state index is 8.44. The summed E-state index contributed by atoms with van der Waals surface area (Å²) in [7, 11) is 0. The van der Waals surface area contributed by atoms with Gasteiger partial charge in [0, 0.05) is 17.8 Å². The average Bonchev–Trinajstić information content (AvgIpc) is 2.41. The fourth-order valence-electron chi connectivity index (χ4n) is 2.28. The van der Waals surface area contributed by atoms with Crippen molar-refractivity contribution in [2.75, 3.05) is 19.4 Å². The van der Waals surface area contributed by atoms with Crippen LogP contribution in [0.15, 0.2) is 24.3 Å². The highest BCUT2D eigenvalue weighted by Crippen LogP contribution is 2.42. The highest BCUT2D eigenvalue weighted by atomic mass is 32.2. The van der Waals surface area contributed by atoms with E-state index in [1.54, 1.807) is 0 Å². The number of rotatable bonds is 7. The van der Waals surface area contributed by atoms with Crippen LogP contribution >= 0.6 is 11.8 Å². The molecule has 0 bridgehead atoms. The molecule has 0 spiro atoms. The fraction of sp³-hybridized carbons (Fsp3) is 0.533. The van der Waals surface area contributed by atoms with Gasteiger partial charge in [0.15, 0.2) is 6.61 Å². The Morgan fingerprint density at radius 1 is 1.37 bits per heavy atom. The molecule has 0 radical (unpaired) electrons. The van der Waals surface area contributed by atoms with Crippen molar-refractivity contribution in [3.8, 4) is 11.8 Å². The van der Waals surface area contributed by atoms with Crippen LogP contribution in [0.3, 0.4) is 0 Å². The summed E-state index contributed by atoms with van der Waals surface area (Å²) in [5, 5.41) is 12.0. The third kappa shape index (κ3) is 3.89. The van der Waals surface area contributed by atoms with Crippen molar-refractivity contribution in [1.82, 2.24) is 5.32 Å². The van der Waals surface area contributed by atoms with Crippen LogP contribution in [0, 0.1) is 11.3 Å². The van der Waals surface area contributed by atoms with Crippen LogP contribution in [-0.4, -0.2) is 24.2 Å². The zero-order valence-electron chi connectivity index (χ0n) is 11.3. The smallest absolute Gasteiger partial charge is 0.174 e. The first-order valence-corrected chi connectivity index (χ1v) is 7.85. The molecule has 0 aromatic heterocycles. The van der Waals surface area contributed by atoms with E-state index < -0.39 is 0 Å². The molecule has 0 amide bonds. The predicted octanol–water partition coefficient (Wildman–Crippen LogP) is 2.96. The molecule has 1 fully saturated rings. The molecule has 1 aromatic carbocycles. The molecule has 1 aromatic rings. The van der Waals surface area contributed by atoms with Crippen LogP contribution in [0.2, 0.25) is 0 Å². The molecule has 0 unspecified atom stereocenters. The van der Waals surface area contributed by atoms with E-state index in [9.17, 15) is 0 Å². The molecule has 3 nitrogen and oxygen atoms in total. The number of benzene rings is 1. The summed E-state index contributed by atoms with van der Waals surface area (Å²) < 4.78 is 5.71. The summed E-state index contributed by atoms with van der Waals surface area (Å²) in [4.78, 5) is 0. The molecular formula is C15H20N2OS. The third-order valence-corrected chi connectivity index (χ3v) is 5.12. The Bertz CT molecular complexity index is 429. The molecule has 1 N–H and O–H groups in total. The molecule has 2 rings (SSSR count). The summed E-state index contributed by atoms with van der Waals surface area (Å²) in [5.74, 6) is 0.755. The van der Waals surface area contributed by atoms with E-state index in [0.29, 0.717) is 4.75 Å². The Balaban J connectivity index is 1.75. The van der Waals surface area contributed by atoms with Crippen molar-refractivity contribution in [1.29, 1.82) is 5.26 Å². The number of thioether (sulfide) groups is 1. The van der Waals surface area contributed by atoms with Crippen LogP contribution < -0.4 is 10.1 Å². The minimum Gasteiger partial charge on any atom is -0.479 e. The van der Waals surface area contributed by atoms with E-state index in [-0.39, 0.29) is 6.61 Å². The number of hydrogen-bond donors (Lipinski definition) is 1. The highest BCUT2D eigenvalue weighted by Gasteiger charge is 2.35. The van der Waals surface area contributed by atoms with Gasteiger partial charge in [-0.15, -0.1) is 0 Å². The highest BCUT2D eigenvalue weighted by molar-refractivity contribution is 8.00. The van der Waals surface area contributed by atoms with Gasteiger partial charge in [-0.3, -0.25) is 0 Å². The standard InChI is InChI=1S/C15H20N2OS/c1-19-15(7-2-8-15)12-17-11-13-3-5-14(6-4-13)18-10-9-16/h3-6,17H,2,7-8,10-12H2,1H3. The van der Waals surface area contributed by atoms with Gasteiger partial charge in [0.25, 0.3) is 0 Å². The Morgan fingerprint density at radius 2 is 2.11 bits per heavy atom. The second-order valence-electron chi connectivity index (χ2n) is 4.93. The van der Waals surface area contributed by atoms with Crippen molar-refractivity contribution >= 4 is 11.8 Å². The van der Waals surface area contributed by atoms with E-state index in [1.165, 1.54) is 24.8 Å². The molecule has 0 saturated heterocycles. The average molecular weight is 276 g/mol. The largest absolute Gasteiger partial charge is 0.479 e. The Kier molecular flexibility index (Phi) is 5.12. The van der Waals surface area contributed by atoms with Gasteiger partial charge < -0.3 is 10.1 Å². The number of hydrogen-bond acceptors (Lipinski definition) is 4. The zero-order valence-corrected chi connectivity index (χ0v) is 12.1. The van der Waals surface area contributed by atoms with Gasteiger partial charge in [0.05, 0.1) is 0 Å². The molecule has 19 heavy (non-hydrogen) atoms.